The summed E-state index contributed by atoms with van der Waals surface area (Å²) in [7, 11) is 0. The van der Waals surface area contributed by atoms with Crippen LogP contribution < -0.4 is 0 Å². The molecule has 0 heterocycles. The molecule has 0 unspecified atom stereocenters. The fourth-order valence-electron chi connectivity index (χ4n) is 0.493. The lowest BCUT2D eigenvalue weighted by Gasteiger charge is -1.93. The highest BCUT2D eigenvalue weighted by molar-refractivity contribution is 6.62. The fourth-order valence-corrected chi connectivity index (χ4v) is 0.493. The van der Waals surface area contributed by atoms with Crippen molar-refractivity contribution in [2.75, 3.05) is 0 Å². The second kappa shape index (κ2) is 3.76. The van der Waals surface area contributed by atoms with Crippen LogP contribution in [0.2, 0.25) is 0 Å². The number of aliphatic carboxylic acids is 1. The zero-order chi connectivity index (χ0) is 8.15. The van der Waals surface area contributed by atoms with Crippen LogP contribution >= 0.6 is 0 Å². The summed E-state index contributed by atoms with van der Waals surface area (Å²) in [5.74, 6) is -2.64. The number of nitrogens with one attached hydrogen (secondary N) is 1. The predicted molar refractivity (Wildman–Crippen MR) is 35.3 cm³/mol. The Morgan fingerprint density at radius 2 is 2.00 bits per heavy atom. The van der Waals surface area contributed by atoms with Crippen LogP contribution in [0.15, 0.2) is 0 Å². The van der Waals surface area contributed by atoms with Gasteiger partial charge in [0.05, 0.1) is 5.71 Å². The Hall–Kier alpha value is -1.19. The predicted octanol–water partition coefficient (Wildman–Crippen LogP) is 0.460. The van der Waals surface area contributed by atoms with Crippen molar-refractivity contribution in [3.63, 3.8) is 0 Å². The van der Waals surface area contributed by atoms with Crippen molar-refractivity contribution >= 4 is 17.5 Å². The van der Waals surface area contributed by atoms with Gasteiger partial charge in [0.2, 0.25) is 0 Å². The number of carbonyl (C=O) groups is 2. The van der Waals surface area contributed by atoms with Crippen molar-refractivity contribution in [1.29, 1.82) is 5.41 Å². The quantitative estimate of drug-likeness (QED) is 0.443. The van der Waals surface area contributed by atoms with Crippen molar-refractivity contribution < 1.29 is 14.7 Å². The number of hydrogen-bond acceptors (Lipinski definition) is 3. The molecule has 2 N–H and O–H groups in total. The maximum Gasteiger partial charge on any atom is 0.378 e. The Bertz CT molecular complexity index is 174. The van der Waals surface area contributed by atoms with Crippen molar-refractivity contribution in [2.24, 2.45) is 0 Å². The summed E-state index contributed by atoms with van der Waals surface area (Å²) in [5.41, 5.74) is -0.324. The first-order valence-corrected chi connectivity index (χ1v) is 2.94. The molecule has 0 radical (unpaired) electrons. The lowest BCUT2D eigenvalue weighted by atomic mass is 10.1. The van der Waals surface area contributed by atoms with E-state index in [1.165, 1.54) is 0 Å². The SMILES string of the molecule is CCCC(=N)C(=O)C(=O)O. The molecule has 0 aromatic carbocycles. The fraction of sp³-hybridized carbons (Fsp3) is 0.500. The zero-order valence-electron chi connectivity index (χ0n) is 5.68. The molecule has 4 nitrogen and oxygen atoms in total. The minimum absolute atomic E-state index is 0.241. The topological polar surface area (TPSA) is 78.2 Å². The molecule has 56 valence electrons. The number of hydrogen-bond donors (Lipinski definition) is 2. The maximum atomic E-state index is 10.4. The van der Waals surface area contributed by atoms with Crippen LogP contribution in [0, 0.1) is 5.41 Å². The van der Waals surface area contributed by atoms with Gasteiger partial charge in [0.25, 0.3) is 5.78 Å². The molecule has 0 bridgehead atoms. The average Bonchev–Trinajstić information content (AvgIpc) is 1.87. The zero-order valence-corrected chi connectivity index (χ0v) is 5.68. The van der Waals surface area contributed by atoms with E-state index in [2.05, 4.69) is 0 Å². The first kappa shape index (κ1) is 8.81. The van der Waals surface area contributed by atoms with E-state index in [0.717, 1.165) is 0 Å². The first-order valence-electron chi connectivity index (χ1n) is 2.94. The summed E-state index contributed by atoms with van der Waals surface area (Å²) >= 11 is 0. The summed E-state index contributed by atoms with van der Waals surface area (Å²) in [6.45, 7) is 1.78. The van der Waals surface area contributed by atoms with Gasteiger partial charge < -0.3 is 10.5 Å². The molecule has 0 saturated heterocycles. The van der Waals surface area contributed by atoms with Crippen LogP contribution in [0.3, 0.4) is 0 Å². The summed E-state index contributed by atoms with van der Waals surface area (Å²) < 4.78 is 0. The van der Waals surface area contributed by atoms with Crippen LogP contribution in [0.5, 0.6) is 0 Å². The van der Waals surface area contributed by atoms with E-state index in [1.807, 2.05) is 0 Å². The van der Waals surface area contributed by atoms with Gasteiger partial charge in [-0.3, -0.25) is 4.79 Å². The molecule has 0 spiro atoms. The van der Waals surface area contributed by atoms with Crippen LogP contribution in [0.25, 0.3) is 0 Å². The average molecular weight is 143 g/mol. The summed E-state index contributed by atoms with van der Waals surface area (Å²) in [6.07, 6.45) is 0.864. The highest BCUT2D eigenvalue weighted by Gasteiger charge is 2.15. The largest absolute Gasteiger partial charge is 0.475 e. The minimum Gasteiger partial charge on any atom is -0.475 e. The van der Waals surface area contributed by atoms with Crippen molar-refractivity contribution in [3.8, 4) is 0 Å². The maximum absolute atomic E-state index is 10.4. The normalized spacial score (nSPS) is 8.90. The third-order valence-corrected chi connectivity index (χ3v) is 0.968. The number of carbonyl (C=O) groups excluding carboxylic acids is 1. The number of ketones is 1. The molecule has 0 saturated carbocycles. The molecule has 0 aliphatic carbocycles. The Kier molecular flexibility index (Phi) is 3.32. The van der Waals surface area contributed by atoms with E-state index in [-0.39, 0.29) is 12.1 Å². The van der Waals surface area contributed by atoms with Gasteiger partial charge in [0.15, 0.2) is 0 Å². The van der Waals surface area contributed by atoms with Crippen LogP contribution in [0.1, 0.15) is 19.8 Å². The highest BCUT2D eigenvalue weighted by atomic mass is 16.4. The first-order chi connectivity index (χ1) is 4.59. The van der Waals surface area contributed by atoms with Gasteiger partial charge in [-0.1, -0.05) is 13.3 Å². The van der Waals surface area contributed by atoms with Crippen LogP contribution in [-0.2, 0) is 9.59 Å². The highest BCUT2D eigenvalue weighted by Crippen LogP contribution is 1.90. The number of carboxylic acid groups (broad SMARTS) is 1. The number of rotatable bonds is 4. The third kappa shape index (κ3) is 2.39. The molecule has 10 heavy (non-hydrogen) atoms. The van der Waals surface area contributed by atoms with E-state index in [1.54, 1.807) is 6.92 Å². The molecular formula is C6H9NO3. The molecule has 4 heteroatoms. The lowest BCUT2D eigenvalue weighted by molar-refractivity contribution is -0.146. The third-order valence-electron chi connectivity index (χ3n) is 0.968. The Morgan fingerprint density at radius 3 is 2.30 bits per heavy atom. The van der Waals surface area contributed by atoms with E-state index in [9.17, 15) is 9.59 Å². The van der Waals surface area contributed by atoms with Gasteiger partial charge in [-0.15, -0.1) is 0 Å². The summed E-state index contributed by atoms with van der Waals surface area (Å²) in [5, 5.41) is 15.0. The number of carboxylic acids is 1. The van der Waals surface area contributed by atoms with Gasteiger partial charge in [0, 0.05) is 0 Å². The molecule has 0 aromatic rings. The standard InChI is InChI=1S/C6H9NO3/c1-2-3-4(7)5(8)6(9)10/h7H,2-3H2,1H3,(H,9,10). The monoisotopic (exact) mass is 143 g/mol. The second-order valence-electron chi connectivity index (χ2n) is 1.86. The summed E-state index contributed by atoms with van der Waals surface area (Å²) in [6, 6.07) is 0. The molecule has 0 aliphatic heterocycles. The van der Waals surface area contributed by atoms with Crippen molar-refractivity contribution in [2.45, 2.75) is 19.8 Å². The molecule has 0 aromatic heterocycles. The van der Waals surface area contributed by atoms with Gasteiger partial charge in [-0.05, 0) is 6.42 Å². The van der Waals surface area contributed by atoms with E-state index < -0.39 is 11.8 Å². The minimum atomic E-state index is -1.54. The van der Waals surface area contributed by atoms with Crippen LogP contribution in [0.4, 0.5) is 0 Å². The molecule has 0 atom stereocenters. The second-order valence-corrected chi connectivity index (χ2v) is 1.86. The van der Waals surface area contributed by atoms with Crippen molar-refractivity contribution in [3.05, 3.63) is 0 Å². The van der Waals surface area contributed by atoms with E-state index in [0.29, 0.717) is 6.42 Å². The molecule has 0 rings (SSSR count). The van der Waals surface area contributed by atoms with Gasteiger partial charge in [-0.2, -0.15) is 0 Å². The Morgan fingerprint density at radius 1 is 1.50 bits per heavy atom. The molecule has 0 fully saturated rings. The van der Waals surface area contributed by atoms with Crippen LogP contribution in [-0.4, -0.2) is 22.6 Å². The van der Waals surface area contributed by atoms with E-state index in [4.69, 9.17) is 10.5 Å². The van der Waals surface area contributed by atoms with Gasteiger partial charge >= 0.3 is 5.97 Å². The Balaban J connectivity index is 3.96. The van der Waals surface area contributed by atoms with Gasteiger partial charge in [0.1, 0.15) is 0 Å². The summed E-state index contributed by atoms with van der Waals surface area (Å²) in [4.78, 5) is 20.3. The van der Waals surface area contributed by atoms with Crippen molar-refractivity contribution in [1.82, 2.24) is 0 Å². The van der Waals surface area contributed by atoms with E-state index >= 15 is 0 Å². The Labute approximate surface area is 58.4 Å². The lowest BCUT2D eigenvalue weighted by Crippen LogP contribution is -2.22. The molecule has 0 amide bonds. The molecule has 0 aliphatic rings. The smallest absolute Gasteiger partial charge is 0.378 e. The number of Topliss-reactive ketones (excluding diaryl/α,β-unsaturated/α-hetero) is 1. The molecular weight excluding hydrogens is 134 g/mol. The van der Waals surface area contributed by atoms with Gasteiger partial charge in [-0.25, -0.2) is 4.79 Å².